The number of nitrogens with one attached hydrogen (secondary N) is 1. The molecule has 1 heterocycles. The summed E-state index contributed by atoms with van der Waals surface area (Å²) in [5.41, 5.74) is 1.74. The number of ketones is 1. The van der Waals surface area contributed by atoms with E-state index in [1.165, 1.54) is 18.1 Å². The summed E-state index contributed by atoms with van der Waals surface area (Å²) in [6.07, 6.45) is 6.65. The van der Waals surface area contributed by atoms with Gasteiger partial charge in [0.2, 0.25) is 5.91 Å². The average Bonchev–Trinajstić information content (AvgIpc) is 3.30. The first-order chi connectivity index (χ1) is 14.6. The van der Waals surface area contributed by atoms with Crippen LogP contribution in [0.3, 0.4) is 0 Å². The van der Waals surface area contributed by atoms with Gasteiger partial charge in [0.25, 0.3) is 0 Å². The molecule has 0 spiro atoms. The van der Waals surface area contributed by atoms with Crippen molar-refractivity contribution in [3.8, 4) is 0 Å². The second kappa shape index (κ2) is 9.46. The van der Waals surface area contributed by atoms with Gasteiger partial charge in [-0.25, -0.2) is 0 Å². The summed E-state index contributed by atoms with van der Waals surface area (Å²) in [6.45, 7) is 13.4. The summed E-state index contributed by atoms with van der Waals surface area (Å²) in [5, 5.41) is 3.94. The van der Waals surface area contributed by atoms with Gasteiger partial charge in [-0.1, -0.05) is 44.5 Å². The lowest BCUT2D eigenvalue weighted by atomic mass is 9.71. The van der Waals surface area contributed by atoms with Crippen LogP contribution >= 0.6 is 11.6 Å². The number of hydrogen-bond donors (Lipinski definition) is 1. The number of rotatable bonds is 8. The number of amides is 1. The summed E-state index contributed by atoms with van der Waals surface area (Å²) in [4.78, 5) is 28.5. The molecule has 0 saturated carbocycles. The number of benzene rings is 1. The minimum atomic E-state index is -0.830. The van der Waals surface area contributed by atoms with E-state index in [1.807, 2.05) is 12.1 Å². The number of carbonyl (C=O) groups excluding carboxylic acids is 2. The summed E-state index contributed by atoms with van der Waals surface area (Å²) in [7, 11) is 0. The van der Waals surface area contributed by atoms with Crippen LogP contribution in [0.15, 0.2) is 30.9 Å². The summed E-state index contributed by atoms with van der Waals surface area (Å²) in [6, 6.07) is 6.59. The Balaban J connectivity index is 1.87. The molecule has 3 unspecified atom stereocenters. The van der Waals surface area contributed by atoms with Crippen molar-refractivity contribution in [1.29, 1.82) is 0 Å². The molecule has 1 fully saturated rings. The van der Waals surface area contributed by atoms with E-state index in [9.17, 15) is 9.59 Å². The Labute approximate surface area is 192 Å². The molecule has 3 rings (SSSR count). The van der Waals surface area contributed by atoms with E-state index in [2.05, 4.69) is 49.7 Å². The van der Waals surface area contributed by atoms with Crippen molar-refractivity contribution in [1.82, 2.24) is 10.2 Å². The zero-order valence-electron chi connectivity index (χ0n) is 19.5. The predicted molar refractivity (Wildman–Crippen MR) is 127 cm³/mol. The number of hydrogen-bond acceptors (Lipinski definition) is 3. The van der Waals surface area contributed by atoms with Gasteiger partial charge in [0, 0.05) is 36.9 Å². The van der Waals surface area contributed by atoms with Crippen molar-refractivity contribution in [2.45, 2.75) is 77.8 Å². The topological polar surface area (TPSA) is 49.4 Å². The van der Waals surface area contributed by atoms with Crippen LogP contribution in [0.1, 0.15) is 77.0 Å². The van der Waals surface area contributed by atoms with Gasteiger partial charge in [-0.2, -0.15) is 0 Å². The second-order valence-electron chi connectivity index (χ2n) is 10.5. The van der Waals surface area contributed by atoms with Crippen molar-refractivity contribution in [3.05, 3.63) is 47.0 Å². The molecule has 2 aliphatic rings. The highest BCUT2D eigenvalue weighted by atomic mass is 35.5. The Morgan fingerprint density at radius 3 is 2.68 bits per heavy atom. The van der Waals surface area contributed by atoms with Crippen LogP contribution < -0.4 is 5.32 Å². The molecule has 0 radical (unpaired) electrons. The predicted octanol–water partition coefficient (Wildman–Crippen LogP) is 5.50. The SMILES string of the molecule is C=CCCC(NC(C)=O)(C(=O)CC(C)(C)C)C1CCN(C2CCc3cc(Cl)ccc32)C1. The van der Waals surface area contributed by atoms with Crippen LogP contribution in [-0.2, 0) is 16.0 Å². The monoisotopic (exact) mass is 444 g/mol. The van der Waals surface area contributed by atoms with E-state index in [-0.39, 0.29) is 23.0 Å². The second-order valence-corrected chi connectivity index (χ2v) is 11.0. The van der Waals surface area contributed by atoms with Crippen molar-refractivity contribution in [2.24, 2.45) is 11.3 Å². The third kappa shape index (κ3) is 5.40. The number of allylic oxidation sites excluding steroid dienone is 1. The van der Waals surface area contributed by atoms with Gasteiger partial charge in [0.1, 0.15) is 5.54 Å². The minimum Gasteiger partial charge on any atom is -0.343 e. The van der Waals surface area contributed by atoms with Gasteiger partial charge in [-0.3, -0.25) is 14.5 Å². The van der Waals surface area contributed by atoms with Gasteiger partial charge in [0.05, 0.1) is 0 Å². The van der Waals surface area contributed by atoms with E-state index >= 15 is 0 Å². The fraction of sp³-hybridized carbons (Fsp3) is 0.615. The molecule has 1 aliphatic heterocycles. The van der Waals surface area contributed by atoms with Crippen molar-refractivity contribution in [3.63, 3.8) is 0 Å². The number of fused-ring (bicyclic) bond motifs is 1. The first-order valence-corrected chi connectivity index (χ1v) is 11.9. The molecule has 3 atom stereocenters. The van der Waals surface area contributed by atoms with Crippen LogP contribution in [0.4, 0.5) is 0 Å². The molecule has 1 aromatic carbocycles. The first-order valence-electron chi connectivity index (χ1n) is 11.5. The smallest absolute Gasteiger partial charge is 0.217 e. The highest BCUT2D eigenvalue weighted by molar-refractivity contribution is 6.30. The fourth-order valence-electron chi connectivity index (χ4n) is 5.50. The van der Waals surface area contributed by atoms with E-state index < -0.39 is 5.54 Å². The maximum atomic E-state index is 13.7. The Morgan fingerprint density at radius 2 is 2.03 bits per heavy atom. The summed E-state index contributed by atoms with van der Waals surface area (Å²) < 4.78 is 0. The normalized spacial score (nSPS) is 23.3. The van der Waals surface area contributed by atoms with Crippen molar-refractivity contribution >= 4 is 23.3 Å². The maximum absolute atomic E-state index is 13.7. The Kier molecular flexibility index (Phi) is 7.32. The standard InChI is InChI=1S/C26H37ClN2O2/c1-6-7-13-26(28-18(2)30,24(31)16-25(3,4)5)20-12-14-29(17-20)23-11-8-19-15-21(27)9-10-22(19)23/h6,9-10,15,20,23H,1,7-8,11-14,16-17H2,2-5H3,(H,28,30). The lowest BCUT2D eigenvalue weighted by Gasteiger charge is -2.40. The molecule has 0 aromatic heterocycles. The zero-order chi connectivity index (χ0) is 22.8. The Morgan fingerprint density at radius 1 is 1.29 bits per heavy atom. The van der Waals surface area contributed by atoms with Gasteiger partial charge in [-0.15, -0.1) is 6.58 Å². The molecule has 0 bridgehead atoms. The van der Waals surface area contributed by atoms with Crippen molar-refractivity contribution in [2.75, 3.05) is 13.1 Å². The lowest BCUT2D eigenvalue weighted by Crippen LogP contribution is -2.60. The molecule has 5 heteroatoms. The first kappa shape index (κ1) is 24.0. The number of likely N-dealkylation sites (tertiary alicyclic amines) is 1. The van der Waals surface area contributed by atoms with E-state index in [1.54, 1.807) is 0 Å². The minimum absolute atomic E-state index is 0.0996. The molecular weight excluding hydrogens is 408 g/mol. The largest absolute Gasteiger partial charge is 0.343 e. The maximum Gasteiger partial charge on any atom is 0.217 e. The molecule has 1 saturated heterocycles. The molecular formula is C26H37ClN2O2. The van der Waals surface area contributed by atoms with Crippen LogP contribution in [-0.4, -0.2) is 35.2 Å². The molecule has 170 valence electrons. The summed E-state index contributed by atoms with van der Waals surface area (Å²) >= 11 is 6.20. The third-order valence-electron chi connectivity index (χ3n) is 6.84. The van der Waals surface area contributed by atoms with E-state index in [0.29, 0.717) is 25.3 Å². The molecule has 1 aliphatic carbocycles. The Bertz CT molecular complexity index is 844. The molecule has 31 heavy (non-hydrogen) atoms. The van der Waals surface area contributed by atoms with Gasteiger partial charge >= 0.3 is 0 Å². The van der Waals surface area contributed by atoms with E-state index in [0.717, 1.165) is 37.4 Å². The van der Waals surface area contributed by atoms with Crippen molar-refractivity contribution < 1.29 is 9.59 Å². The number of carbonyl (C=O) groups is 2. The number of nitrogens with zero attached hydrogens (tertiary/aromatic N) is 1. The van der Waals surface area contributed by atoms with Crippen LogP contribution in [0.2, 0.25) is 5.02 Å². The van der Waals surface area contributed by atoms with Gasteiger partial charge < -0.3 is 5.32 Å². The highest BCUT2D eigenvalue weighted by Crippen LogP contribution is 2.43. The fourth-order valence-corrected chi connectivity index (χ4v) is 5.70. The Hall–Kier alpha value is -1.65. The molecule has 1 amide bonds. The molecule has 4 nitrogen and oxygen atoms in total. The quantitative estimate of drug-likeness (QED) is 0.539. The lowest BCUT2D eigenvalue weighted by molar-refractivity contribution is -0.135. The van der Waals surface area contributed by atoms with Crippen LogP contribution in [0, 0.1) is 11.3 Å². The highest BCUT2D eigenvalue weighted by Gasteiger charge is 2.49. The molecule has 1 aromatic rings. The number of aryl methyl sites for hydroxylation is 1. The molecule has 1 N–H and O–H groups in total. The summed E-state index contributed by atoms with van der Waals surface area (Å²) in [5.74, 6) is 0.121. The van der Waals surface area contributed by atoms with Crippen LogP contribution in [0.25, 0.3) is 0 Å². The van der Waals surface area contributed by atoms with E-state index in [4.69, 9.17) is 11.6 Å². The van der Waals surface area contributed by atoms with Crippen LogP contribution in [0.5, 0.6) is 0 Å². The zero-order valence-corrected chi connectivity index (χ0v) is 20.2. The number of halogens is 1. The van der Waals surface area contributed by atoms with Gasteiger partial charge in [0.15, 0.2) is 5.78 Å². The van der Waals surface area contributed by atoms with Gasteiger partial charge in [-0.05, 0) is 67.3 Å². The number of Topliss-reactive ketones (excluding diaryl/α,β-unsaturated/α-hetero) is 1. The third-order valence-corrected chi connectivity index (χ3v) is 7.07. The average molecular weight is 445 g/mol.